The Hall–Kier alpha value is -0.960. The van der Waals surface area contributed by atoms with Crippen LogP contribution in [0.3, 0.4) is 0 Å². The molecule has 0 aromatic heterocycles. The van der Waals surface area contributed by atoms with Crippen LogP contribution in [0.1, 0.15) is 26.3 Å². The van der Waals surface area contributed by atoms with Crippen LogP contribution in [0.4, 0.5) is 0 Å². The van der Waals surface area contributed by atoms with E-state index in [-0.39, 0.29) is 21.8 Å². The van der Waals surface area contributed by atoms with Crippen molar-refractivity contribution in [3.8, 4) is 0 Å². The Morgan fingerprint density at radius 2 is 1.76 bits per heavy atom. The summed E-state index contributed by atoms with van der Waals surface area (Å²) in [7, 11) is -5.59. The molecule has 1 aliphatic rings. The van der Waals surface area contributed by atoms with Crippen molar-refractivity contribution in [2.24, 2.45) is 0 Å². The maximum absolute atomic E-state index is 13.0. The van der Waals surface area contributed by atoms with E-state index >= 15 is 0 Å². The standard InChI is InChI=1S/C17H27NO5S2/c1-17(2,3)13-5-7-14(8-6-13)25(21,22)16-12-24(19,20)11-15(16)18-9-10-23-4/h5-8,15-16,18H,9-12H2,1-4H3/t15-,16-/m0/s1. The van der Waals surface area contributed by atoms with Crippen molar-refractivity contribution < 1.29 is 21.6 Å². The van der Waals surface area contributed by atoms with Gasteiger partial charge in [-0.25, -0.2) is 16.8 Å². The zero-order valence-electron chi connectivity index (χ0n) is 15.2. The lowest BCUT2D eigenvalue weighted by atomic mass is 9.87. The highest BCUT2D eigenvalue weighted by Gasteiger charge is 2.45. The number of sulfone groups is 2. The summed E-state index contributed by atoms with van der Waals surface area (Å²) in [6.07, 6.45) is 0. The predicted molar refractivity (Wildman–Crippen MR) is 98.4 cm³/mol. The molecule has 0 amide bonds. The number of rotatable bonds is 6. The first-order chi connectivity index (χ1) is 11.5. The van der Waals surface area contributed by atoms with Crippen molar-refractivity contribution in [2.45, 2.75) is 42.4 Å². The van der Waals surface area contributed by atoms with Crippen molar-refractivity contribution in [3.63, 3.8) is 0 Å². The fourth-order valence-electron chi connectivity index (χ4n) is 2.98. The lowest BCUT2D eigenvalue weighted by Crippen LogP contribution is -2.44. The molecule has 2 rings (SSSR count). The molecule has 1 fully saturated rings. The minimum atomic E-state index is -3.74. The molecule has 0 spiro atoms. The van der Waals surface area contributed by atoms with Crippen LogP contribution in [0.25, 0.3) is 0 Å². The fourth-order valence-corrected chi connectivity index (χ4v) is 7.69. The Bertz CT molecular complexity index is 792. The van der Waals surface area contributed by atoms with E-state index in [1.165, 1.54) is 7.11 Å². The van der Waals surface area contributed by atoms with Crippen LogP contribution >= 0.6 is 0 Å². The molecular weight excluding hydrogens is 362 g/mol. The summed E-state index contributed by atoms with van der Waals surface area (Å²) < 4.78 is 54.9. The van der Waals surface area contributed by atoms with E-state index < -0.39 is 31.0 Å². The molecule has 0 aliphatic carbocycles. The van der Waals surface area contributed by atoms with Gasteiger partial charge in [0.1, 0.15) is 0 Å². The Balaban J connectivity index is 2.29. The Morgan fingerprint density at radius 3 is 2.28 bits per heavy atom. The summed E-state index contributed by atoms with van der Waals surface area (Å²) in [5, 5.41) is 2.04. The monoisotopic (exact) mass is 389 g/mol. The number of methoxy groups -OCH3 is 1. The third-order valence-corrected chi connectivity index (χ3v) is 8.63. The highest BCUT2D eigenvalue weighted by molar-refractivity contribution is 7.96. The lowest BCUT2D eigenvalue weighted by Gasteiger charge is -2.22. The maximum Gasteiger partial charge on any atom is 0.183 e. The average molecular weight is 390 g/mol. The second-order valence-corrected chi connectivity index (χ2v) is 11.8. The van der Waals surface area contributed by atoms with Gasteiger partial charge in [0.25, 0.3) is 0 Å². The molecule has 0 bridgehead atoms. The molecule has 0 radical (unpaired) electrons. The van der Waals surface area contributed by atoms with Crippen LogP contribution in [0.15, 0.2) is 29.2 Å². The third-order valence-electron chi connectivity index (χ3n) is 4.46. The van der Waals surface area contributed by atoms with Gasteiger partial charge in [-0.1, -0.05) is 32.9 Å². The first kappa shape index (κ1) is 20.4. The zero-order chi connectivity index (χ0) is 18.9. The van der Waals surface area contributed by atoms with Crippen molar-refractivity contribution in [2.75, 3.05) is 31.8 Å². The molecule has 8 heteroatoms. The van der Waals surface area contributed by atoms with E-state index in [4.69, 9.17) is 4.74 Å². The molecule has 25 heavy (non-hydrogen) atoms. The molecular formula is C17H27NO5S2. The molecule has 1 heterocycles. The molecule has 6 nitrogen and oxygen atoms in total. The van der Waals surface area contributed by atoms with E-state index in [9.17, 15) is 16.8 Å². The summed E-state index contributed by atoms with van der Waals surface area (Å²) in [6, 6.07) is 6.13. The van der Waals surface area contributed by atoms with E-state index in [0.717, 1.165) is 5.56 Å². The first-order valence-corrected chi connectivity index (χ1v) is 11.6. The van der Waals surface area contributed by atoms with Gasteiger partial charge in [0.05, 0.1) is 28.3 Å². The second-order valence-electron chi connectivity index (χ2n) is 7.49. The number of hydrogen-bond acceptors (Lipinski definition) is 6. The zero-order valence-corrected chi connectivity index (χ0v) is 16.8. The van der Waals surface area contributed by atoms with Crippen molar-refractivity contribution in [1.29, 1.82) is 0 Å². The summed E-state index contributed by atoms with van der Waals surface area (Å²) in [5.74, 6) is -0.512. The normalized spacial score (nSPS) is 23.7. The Morgan fingerprint density at radius 1 is 1.16 bits per heavy atom. The largest absolute Gasteiger partial charge is 0.383 e. The number of ether oxygens (including phenoxy) is 1. The van der Waals surface area contributed by atoms with Gasteiger partial charge in [0.15, 0.2) is 19.7 Å². The van der Waals surface area contributed by atoms with Crippen molar-refractivity contribution in [1.82, 2.24) is 5.32 Å². The molecule has 2 atom stereocenters. The fraction of sp³-hybridized carbons (Fsp3) is 0.647. The molecule has 1 saturated heterocycles. The smallest absolute Gasteiger partial charge is 0.183 e. The SMILES string of the molecule is COCCN[C@H]1CS(=O)(=O)C[C@@H]1S(=O)(=O)c1ccc(C(C)(C)C)cc1. The van der Waals surface area contributed by atoms with E-state index in [0.29, 0.717) is 13.2 Å². The molecule has 1 N–H and O–H groups in total. The highest BCUT2D eigenvalue weighted by atomic mass is 32.2. The topological polar surface area (TPSA) is 89.5 Å². The number of nitrogens with one attached hydrogen (secondary N) is 1. The Kier molecular flexibility index (Phi) is 5.98. The summed E-state index contributed by atoms with van der Waals surface area (Å²) >= 11 is 0. The maximum atomic E-state index is 13.0. The molecule has 142 valence electrons. The predicted octanol–water partition coefficient (Wildman–Crippen LogP) is 1.16. The summed E-state index contributed by atoms with van der Waals surface area (Å²) in [4.78, 5) is 0.168. The van der Waals surface area contributed by atoms with Crippen LogP contribution in [0, 0.1) is 0 Å². The number of benzene rings is 1. The summed E-state index contributed by atoms with van der Waals surface area (Å²) in [6.45, 7) is 6.96. The molecule has 1 aromatic rings. The van der Waals surface area contributed by atoms with Crippen molar-refractivity contribution >= 4 is 19.7 Å². The highest BCUT2D eigenvalue weighted by Crippen LogP contribution is 2.28. The molecule has 1 aromatic carbocycles. The minimum absolute atomic E-state index is 0.0801. The van der Waals surface area contributed by atoms with Gasteiger partial charge in [0.2, 0.25) is 0 Å². The van der Waals surface area contributed by atoms with Gasteiger partial charge in [-0.3, -0.25) is 0 Å². The molecule has 1 aliphatic heterocycles. The molecule has 0 saturated carbocycles. The van der Waals surface area contributed by atoms with Gasteiger partial charge in [-0.2, -0.15) is 0 Å². The Labute approximate surface area is 150 Å². The number of hydrogen-bond donors (Lipinski definition) is 1. The average Bonchev–Trinajstić information content (AvgIpc) is 2.82. The van der Waals surface area contributed by atoms with Gasteiger partial charge in [-0.05, 0) is 23.1 Å². The van der Waals surface area contributed by atoms with Crippen LogP contribution < -0.4 is 5.32 Å². The van der Waals surface area contributed by atoms with Gasteiger partial charge >= 0.3 is 0 Å². The van der Waals surface area contributed by atoms with Gasteiger partial charge in [-0.15, -0.1) is 0 Å². The molecule has 0 unspecified atom stereocenters. The summed E-state index contributed by atoms with van der Waals surface area (Å²) in [5.41, 5.74) is 0.948. The lowest BCUT2D eigenvalue weighted by molar-refractivity contribution is 0.196. The van der Waals surface area contributed by atoms with Crippen LogP contribution in [0.5, 0.6) is 0 Å². The van der Waals surface area contributed by atoms with E-state index in [1.807, 2.05) is 0 Å². The van der Waals surface area contributed by atoms with Crippen LogP contribution in [-0.2, 0) is 29.8 Å². The second kappa shape index (κ2) is 7.34. The first-order valence-electron chi connectivity index (χ1n) is 8.24. The van der Waals surface area contributed by atoms with E-state index in [2.05, 4.69) is 26.1 Å². The quantitative estimate of drug-likeness (QED) is 0.735. The van der Waals surface area contributed by atoms with Crippen LogP contribution in [-0.4, -0.2) is 59.9 Å². The minimum Gasteiger partial charge on any atom is -0.383 e. The van der Waals surface area contributed by atoms with Crippen molar-refractivity contribution in [3.05, 3.63) is 29.8 Å². The van der Waals surface area contributed by atoms with Gasteiger partial charge < -0.3 is 10.1 Å². The van der Waals surface area contributed by atoms with Crippen LogP contribution in [0.2, 0.25) is 0 Å². The van der Waals surface area contributed by atoms with Gasteiger partial charge in [0, 0.05) is 19.7 Å². The third kappa shape index (κ3) is 4.81. The van der Waals surface area contributed by atoms with E-state index in [1.54, 1.807) is 24.3 Å².